The highest BCUT2D eigenvalue weighted by atomic mass is 79.9. The van der Waals surface area contributed by atoms with Gasteiger partial charge in [0.05, 0.1) is 28.4 Å². The van der Waals surface area contributed by atoms with Gasteiger partial charge in [-0.25, -0.2) is 9.78 Å². The summed E-state index contributed by atoms with van der Waals surface area (Å²) in [6.07, 6.45) is 5.36. The monoisotopic (exact) mass is 453 g/mol. The van der Waals surface area contributed by atoms with Crippen molar-refractivity contribution in [3.8, 4) is 11.5 Å². The second kappa shape index (κ2) is 7.87. The van der Waals surface area contributed by atoms with Crippen LogP contribution < -0.4 is 4.74 Å². The number of pyridine rings is 1. The van der Waals surface area contributed by atoms with Crippen LogP contribution in [0.25, 0.3) is 22.6 Å². The number of fused-ring (bicyclic) bond motifs is 2. The average Bonchev–Trinajstić information content (AvgIpc) is 2.90. The summed E-state index contributed by atoms with van der Waals surface area (Å²) in [6, 6.07) is 11.0. The van der Waals surface area contributed by atoms with Crippen molar-refractivity contribution in [2.75, 3.05) is 7.11 Å². The average molecular weight is 454 g/mol. The Morgan fingerprint density at radius 3 is 2.72 bits per heavy atom. The SMILES string of the molecule is COc1cc(C=C2CCCCc3c2nc2ccccc2c3C(=O)O)cc(Br)c1O. The van der Waals surface area contributed by atoms with Gasteiger partial charge in [-0.2, -0.15) is 0 Å². The molecular formula is C23H20BrNO4. The van der Waals surface area contributed by atoms with Crippen LogP contribution >= 0.6 is 15.9 Å². The van der Waals surface area contributed by atoms with E-state index in [0.717, 1.165) is 41.7 Å². The van der Waals surface area contributed by atoms with E-state index in [0.29, 0.717) is 33.1 Å². The molecule has 0 aliphatic heterocycles. The van der Waals surface area contributed by atoms with Gasteiger partial charge in [0.2, 0.25) is 0 Å². The third-order valence-electron chi connectivity index (χ3n) is 5.25. The first kappa shape index (κ1) is 19.5. The Morgan fingerprint density at radius 2 is 1.97 bits per heavy atom. The van der Waals surface area contributed by atoms with Crippen LogP contribution in [0.2, 0.25) is 0 Å². The standard InChI is InChI=1S/C23H20BrNO4/c1-29-19-12-13(11-17(24)22(19)26)10-14-6-2-3-8-16-20(23(27)28)15-7-4-5-9-18(15)25-21(14)16/h4-5,7,9-12,26H,2-3,6,8H2,1H3,(H,27,28). The Hall–Kier alpha value is -2.86. The third kappa shape index (κ3) is 3.60. The summed E-state index contributed by atoms with van der Waals surface area (Å²) < 4.78 is 5.79. The smallest absolute Gasteiger partial charge is 0.336 e. The maximum absolute atomic E-state index is 12.1. The number of carboxylic acid groups (broad SMARTS) is 1. The third-order valence-corrected chi connectivity index (χ3v) is 5.85. The molecule has 1 aliphatic carbocycles. The Morgan fingerprint density at radius 1 is 1.21 bits per heavy atom. The van der Waals surface area contributed by atoms with E-state index in [4.69, 9.17) is 9.72 Å². The van der Waals surface area contributed by atoms with Crippen LogP contribution in [0, 0.1) is 0 Å². The van der Waals surface area contributed by atoms with Gasteiger partial charge < -0.3 is 14.9 Å². The van der Waals surface area contributed by atoms with Crippen LogP contribution in [0.4, 0.5) is 0 Å². The fourth-order valence-electron chi connectivity index (χ4n) is 3.91. The Labute approximate surface area is 176 Å². The van der Waals surface area contributed by atoms with Crippen molar-refractivity contribution >= 4 is 44.5 Å². The van der Waals surface area contributed by atoms with Crippen molar-refractivity contribution in [2.45, 2.75) is 25.7 Å². The number of allylic oxidation sites excluding steroid dienone is 1. The van der Waals surface area contributed by atoms with Crippen LogP contribution in [-0.4, -0.2) is 28.3 Å². The minimum Gasteiger partial charge on any atom is -0.503 e. The molecule has 0 spiro atoms. The predicted octanol–water partition coefficient (Wildman–Crippen LogP) is 5.68. The molecule has 4 rings (SSSR count). The van der Waals surface area contributed by atoms with E-state index in [-0.39, 0.29) is 5.75 Å². The first-order chi connectivity index (χ1) is 14.0. The van der Waals surface area contributed by atoms with Crippen LogP contribution in [0.1, 0.15) is 46.4 Å². The fourth-order valence-corrected chi connectivity index (χ4v) is 4.37. The molecule has 0 amide bonds. The molecule has 0 fully saturated rings. The van der Waals surface area contributed by atoms with Gasteiger partial charge in [-0.05, 0) is 82.6 Å². The number of carbonyl (C=O) groups is 1. The van der Waals surface area contributed by atoms with Crippen LogP contribution in [0.15, 0.2) is 40.9 Å². The summed E-state index contributed by atoms with van der Waals surface area (Å²) in [7, 11) is 1.51. The second-order valence-electron chi connectivity index (χ2n) is 7.07. The molecule has 3 aromatic rings. The lowest BCUT2D eigenvalue weighted by atomic mass is 9.94. The first-order valence-electron chi connectivity index (χ1n) is 9.42. The normalized spacial score (nSPS) is 15.2. The molecule has 1 heterocycles. The number of methoxy groups -OCH3 is 1. The van der Waals surface area contributed by atoms with Crippen molar-refractivity contribution in [1.82, 2.24) is 4.98 Å². The molecule has 0 saturated heterocycles. The van der Waals surface area contributed by atoms with Crippen LogP contribution in [0.5, 0.6) is 11.5 Å². The van der Waals surface area contributed by atoms with Crippen molar-refractivity contribution in [3.05, 3.63) is 63.3 Å². The summed E-state index contributed by atoms with van der Waals surface area (Å²) in [5.41, 5.74) is 4.42. The number of hydrogen-bond acceptors (Lipinski definition) is 4. The summed E-state index contributed by atoms with van der Waals surface area (Å²) >= 11 is 3.36. The molecule has 2 aromatic carbocycles. The second-order valence-corrected chi connectivity index (χ2v) is 7.92. The molecular weight excluding hydrogens is 434 g/mol. The quantitative estimate of drug-likeness (QED) is 0.498. The lowest BCUT2D eigenvalue weighted by Gasteiger charge is -2.14. The topological polar surface area (TPSA) is 79.7 Å². The van der Waals surface area contributed by atoms with Gasteiger partial charge in [0, 0.05) is 5.39 Å². The van der Waals surface area contributed by atoms with Gasteiger partial charge in [-0.15, -0.1) is 0 Å². The van der Waals surface area contributed by atoms with Gasteiger partial charge in [0.15, 0.2) is 11.5 Å². The van der Waals surface area contributed by atoms with E-state index in [1.54, 1.807) is 6.07 Å². The number of aromatic hydroxyl groups is 1. The number of aromatic carboxylic acids is 1. The number of halogens is 1. The van der Waals surface area contributed by atoms with E-state index in [1.165, 1.54) is 7.11 Å². The van der Waals surface area contributed by atoms with Gasteiger partial charge in [0.25, 0.3) is 0 Å². The zero-order valence-corrected chi connectivity index (χ0v) is 17.5. The van der Waals surface area contributed by atoms with E-state index >= 15 is 0 Å². The van der Waals surface area contributed by atoms with Gasteiger partial charge in [-0.3, -0.25) is 0 Å². The minimum atomic E-state index is -0.921. The van der Waals surface area contributed by atoms with E-state index in [2.05, 4.69) is 15.9 Å². The fraction of sp³-hybridized carbons (Fsp3) is 0.217. The Bertz CT molecular complexity index is 1150. The molecule has 0 unspecified atom stereocenters. The molecule has 148 valence electrons. The molecule has 1 aromatic heterocycles. The minimum absolute atomic E-state index is 0.0493. The number of aromatic nitrogens is 1. The zero-order chi connectivity index (χ0) is 20.5. The van der Waals surface area contributed by atoms with Crippen molar-refractivity contribution in [3.63, 3.8) is 0 Å². The summed E-state index contributed by atoms with van der Waals surface area (Å²) in [5, 5.41) is 20.7. The maximum atomic E-state index is 12.1. The van der Waals surface area contributed by atoms with Gasteiger partial charge in [0.1, 0.15) is 0 Å². The van der Waals surface area contributed by atoms with E-state index < -0.39 is 5.97 Å². The van der Waals surface area contributed by atoms with Crippen LogP contribution in [-0.2, 0) is 6.42 Å². The molecule has 0 atom stereocenters. The van der Waals surface area contributed by atoms with E-state index in [1.807, 2.05) is 36.4 Å². The lowest BCUT2D eigenvalue weighted by molar-refractivity contribution is 0.0697. The van der Waals surface area contributed by atoms with E-state index in [9.17, 15) is 15.0 Å². The molecule has 2 N–H and O–H groups in total. The largest absolute Gasteiger partial charge is 0.503 e. The predicted molar refractivity (Wildman–Crippen MR) is 116 cm³/mol. The molecule has 6 heteroatoms. The molecule has 0 saturated carbocycles. The molecule has 0 radical (unpaired) electrons. The number of carboxylic acids is 1. The molecule has 5 nitrogen and oxygen atoms in total. The molecule has 29 heavy (non-hydrogen) atoms. The van der Waals surface area contributed by atoms with Crippen molar-refractivity contribution in [1.29, 1.82) is 0 Å². The molecule has 1 aliphatic rings. The number of phenolic OH excluding ortho intramolecular Hbond substituents is 1. The number of nitrogens with zero attached hydrogens (tertiary/aromatic N) is 1. The first-order valence-corrected chi connectivity index (χ1v) is 10.2. The lowest BCUT2D eigenvalue weighted by Crippen LogP contribution is -2.08. The Kier molecular flexibility index (Phi) is 5.28. The summed E-state index contributed by atoms with van der Waals surface area (Å²) in [4.78, 5) is 17.0. The Balaban J connectivity index is 1.96. The number of ether oxygens (including phenoxy) is 1. The number of para-hydroxylation sites is 1. The van der Waals surface area contributed by atoms with Crippen LogP contribution in [0.3, 0.4) is 0 Å². The number of rotatable bonds is 3. The van der Waals surface area contributed by atoms with Crippen molar-refractivity contribution in [2.24, 2.45) is 0 Å². The zero-order valence-electron chi connectivity index (χ0n) is 15.9. The highest BCUT2D eigenvalue weighted by Crippen LogP contribution is 2.38. The van der Waals surface area contributed by atoms with Crippen molar-refractivity contribution < 1.29 is 19.7 Å². The highest BCUT2D eigenvalue weighted by molar-refractivity contribution is 9.10. The van der Waals surface area contributed by atoms with Gasteiger partial charge in [-0.1, -0.05) is 18.2 Å². The number of hydrogen-bond donors (Lipinski definition) is 2. The maximum Gasteiger partial charge on any atom is 0.336 e. The summed E-state index contributed by atoms with van der Waals surface area (Å²) in [6.45, 7) is 0. The summed E-state index contributed by atoms with van der Waals surface area (Å²) in [5.74, 6) is -0.499. The highest BCUT2D eigenvalue weighted by Gasteiger charge is 2.23. The number of phenols is 1. The molecule has 0 bridgehead atoms. The van der Waals surface area contributed by atoms with Gasteiger partial charge >= 0.3 is 5.97 Å². The number of benzene rings is 2.